The van der Waals surface area contributed by atoms with Crippen LogP contribution in [0.5, 0.6) is 0 Å². The molecule has 0 unspecified atom stereocenters. The van der Waals surface area contributed by atoms with Gasteiger partial charge in [0.15, 0.2) is 0 Å². The summed E-state index contributed by atoms with van der Waals surface area (Å²) < 4.78 is 32.3. The largest absolute Gasteiger partial charge is 0.466 e. The van der Waals surface area contributed by atoms with Crippen LogP contribution in [0.4, 0.5) is 5.69 Å². The molecular weight excluding hydrogens is 348 g/mol. The van der Waals surface area contributed by atoms with Gasteiger partial charge in [-0.3, -0.25) is 0 Å². The van der Waals surface area contributed by atoms with E-state index in [0.29, 0.717) is 5.56 Å². The van der Waals surface area contributed by atoms with E-state index in [1.807, 2.05) is 0 Å². The van der Waals surface area contributed by atoms with E-state index in [9.17, 15) is 18.0 Å². The number of nitrogens with two attached hydrogens (primary N) is 1. The van der Waals surface area contributed by atoms with Crippen LogP contribution in [0.2, 0.25) is 5.02 Å². The molecule has 0 aliphatic rings. The first-order chi connectivity index (χ1) is 10.6. The van der Waals surface area contributed by atoms with Crippen molar-refractivity contribution < 1.29 is 27.5 Å². The minimum atomic E-state index is -4.10. The van der Waals surface area contributed by atoms with Gasteiger partial charge in [0, 0.05) is 5.02 Å². The highest BCUT2D eigenvalue weighted by Crippen LogP contribution is 2.29. The predicted molar refractivity (Wildman–Crippen MR) is 83.3 cm³/mol. The number of carbonyl (C=O) groups is 2. The smallest absolute Gasteiger partial charge is 0.354 e. The number of hydrogen-bond donors (Lipinski definition) is 2. The van der Waals surface area contributed by atoms with Crippen LogP contribution >= 0.6 is 11.6 Å². The highest BCUT2D eigenvalue weighted by atomic mass is 35.5. The third kappa shape index (κ3) is 4.95. The summed E-state index contributed by atoms with van der Waals surface area (Å²) in [5.41, 5.74) is 0.0469. The number of nitrogens with one attached hydrogen (secondary N) is 1. The van der Waals surface area contributed by atoms with Gasteiger partial charge < -0.3 is 14.8 Å². The Morgan fingerprint density at radius 2 is 1.87 bits per heavy atom. The van der Waals surface area contributed by atoms with Crippen molar-refractivity contribution in [3.8, 4) is 0 Å². The number of anilines is 1. The first kappa shape index (κ1) is 18.9. The number of esters is 2. The number of ether oxygens (including phenoxy) is 2. The van der Waals surface area contributed by atoms with Crippen LogP contribution in [-0.4, -0.2) is 34.6 Å². The van der Waals surface area contributed by atoms with Crippen LogP contribution in [0, 0.1) is 6.92 Å². The third-order valence-corrected chi connectivity index (χ3v) is 4.06. The first-order valence-corrected chi connectivity index (χ1v) is 8.00. The van der Waals surface area contributed by atoms with Crippen molar-refractivity contribution in [3.05, 3.63) is 34.5 Å². The molecule has 0 saturated carbocycles. The van der Waals surface area contributed by atoms with Gasteiger partial charge in [0.1, 0.15) is 10.6 Å². The molecule has 0 saturated heterocycles. The number of benzene rings is 1. The molecule has 1 aromatic carbocycles. The summed E-state index contributed by atoms with van der Waals surface area (Å²) in [6, 6.07) is 2.51. The summed E-state index contributed by atoms with van der Waals surface area (Å²) in [5, 5.41) is 7.87. The molecular formula is C13H15ClN2O6S. The van der Waals surface area contributed by atoms with E-state index in [0.717, 1.165) is 20.3 Å². The van der Waals surface area contributed by atoms with Gasteiger partial charge in [0.2, 0.25) is 10.0 Å². The number of primary sulfonamides is 1. The topological polar surface area (TPSA) is 125 Å². The number of methoxy groups -OCH3 is 2. The van der Waals surface area contributed by atoms with Gasteiger partial charge >= 0.3 is 11.9 Å². The Kier molecular flexibility index (Phi) is 6.13. The van der Waals surface area contributed by atoms with E-state index in [2.05, 4.69) is 14.8 Å². The van der Waals surface area contributed by atoms with Crippen LogP contribution in [0.1, 0.15) is 5.56 Å². The molecule has 8 nitrogen and oxygen atoms in total. The number of aryl methyl sites for hydroxylation is 1. The number of sulfonamides is 1. The van der Waals surface area contributed by atoms with Crippen LogP contribution in [-0.2, 0) is 29.1 Å². The maximum Gasteiger partial charge on any atom is 0.354 e. The quantitative estimate of drug-likeness (QED) is 0.589. The highest BCUT2D eigenvalue weighted by molar-refractivity contribution is 7.89. The van der Waals surface area contributed by atoms with Crippen molar-refractivity contribution in [1.82, 2.24) is 0 Å². The van der Waals surface area contributed by atoms with Crippen molar-refractivity contribution in [2.75, 3.05) is 19.5 Å². The third-order valence-electron chi connectivity index (χ3n) is 2.71. The molecule has 0 heterocycles. The van der Waals surface area contributed by atoms with E-state index in [-0.39, 0.29) is 21.3 Å². The summed E-state index contributed by atoms with van der Waals surface area (Å²) >= 11 is 5.96. The molecule has 0 fully saturated rings. The molecule has 10 heteroatoms. The van der Waals surface area contributed by atoms with Crippen molar-refractivity contribution >= 4 is 39.3 Å². The lowest BCUT2D eigenvalue weighted by Crippen LogP contribution is -2.19. The summed E-state index contributed by atoms with van der Waals surface area (Å²) in [5.74, 6) is -1.75. The summed E-state index contributed by atoms with van der Waals surface area (Å²) in [6.07, 6.45) is 0.812. The van der Waals surface area contributed by atoms with Gasteiger partial charge in [0.25, 0.3) is 0 Å². The number of rotatable bonds is 5. The zero-order valence-electron chi connectivity index (χ0n) is 12.5. The van der Waals surface area contributed by atoms with Gasteiger partial charge in [-0.1, -0.05) is 11.6 Å². The average Bonchev–Trinajstić information content (AvgIpc) is 2.47. The minimum absolute atomic E-state index is 0.0800. The number of carbonyl (C=O) groups excluding carboxylic acids is 2. The zero-order valence-corrected chi connectivity index (χ0v) is 14.1. The first-order valence-electron chi connectivity index (χ1n) is 6.08. The van der Waals surface area contributed by atoms with Crippen molar-refractivity contribution in [3.63, 3.8) is 0 Å². The molecule has 0 radical (unpaired) electrons. The van der Waals surface area contributed by atoms with Gasteiger partial charge in [-0.15, -0.1) is 0 Å². The standard InChI is InChI=1S/C13H15ClN2O6S/c1-7-4-11(23(15,19)20)9(5-8(7)14)16-10(13(18)22-3)6-12(17)21-2/h4-6,16H,1-3H3,(H2,15,19,20)/b10-6-. The lowest BCUT2D eigenvalue weighted by atomic mass is 10.2. The fraction of sp³-hybridized carbons (Fsp3) is 0.231. The van der Waals surface area contributed by atoms with Gasteiger partial charge in [-0.2, -0.15) is 0 Å². The predicted octanol–water partition coefficient (Wildman–Crippen LogP) is 0.938. The Morgan fingerprint density at radius 3 is 2.35 bits per heavy atom. The lowest BCUT2D eigenvalue weighted by molar-refractivity contribution is -0.138. The SMILES string of the molecule is COC(=O)/C=C(\Nc1cc(Cl)c(C)cc1S(N)(=O)=O)C(=O)OC. The van der Waals surface area contributed by atoms with E-state index in [1.165, 1.54) is 12.1 Å². The van der Waals surface area contributed by atoms with Crippen molar-refractivity contribution in [1.29, 1.82) is 0 Å². The fourth-order valence-corrected chi connectivity index (χ4v) is 2.49. The Bertz CT molecular complexity index is 773. The Hall–Kier alpha value is -2.10. The second kappa shape index (κ2) is 7.44. The Morgan fingerprint density at radius 1 is 1.26 bits per heavy atom. The minimum Gasteiger partial charge on any atom is -0.466 e. The van der Waals surface area contributed by atoms with Crippen LogP contribution in [0.3, 0.4) is 0 Å². The second-order valence-corrected chi connectivity index (χ2v) is 6.28. The van der Waals surface area contributed by atoms with Gasteiger partial charge in [-0.25, -0.2) is 23.1 Å². The van der Waals surface area contributed by atoms with Crippen molar-refractivity contribution in [2.45, 2.75) is 11.8 Å². The normalized spacial score (nSPS) is 11.8. The Labute approximate surface area is 138 Å². The molecule has 1 rings (SSSR count). The molecule has 0 spiro atoms. The zero-order chi connectivity index (χ0) is 17.8. The maximum absolute atomic E-state index is 11.7. The molecule has 0 aliphatic carbocycles. The van der Waals surface area contributed by atoms with Crippen LogP contribution < -0.4 is 10.5 Å². The van der Waals surface area contributed by atoms with E-state index >= 15 is 0 Å². The molecule has 0 bridgehead atoms. The lowest BCUT2D eigenvalue weighted by Gasteiger charge is -2.14. The molecule has 0 aromatic heterocycles. The summed E-state index contributed by atoms with van der Waals surface area (Å²) in [7, 11) is -1.89. The summed E-state index contributed by atoms with van der Waals surface area (Å²) in [6.45, 7) is 1.59. The van der Waals surface area contributed by atoms with Crippen LogP contribution in [0.15, 0.2) is 28.8 Å². The average molecular weight is 363 g/mol. The fourth-order valence-electron chi connectivity index (χ4n) is 1.57. The molecule has 0 atom stereocenters. The monoisotopic (exact) mass is 362 g/mol. The molecule has 3 N–H and O–H groups in total. The summed E-state index contributed by atoms with van der Waals surface area (Å²) in [4.78, 5) is 22.7. The second-order valence-electron chi connectivity index (χ2n) is 4.34. The van der Waals surface area contributed by atoms with E-state index in [1.54, 1.807) is 6.92 Å². The van der Waals surface area contributed by atoms with E-state index in [4.69, 9.17) is 16.7 Å². The maximum atomic E-state index is 11.7. The Balaban J connectivity index is 3.44. The molecule has 1 aromatic rings. The number of halogens is 1. The van der Waals surface area contributed by atoms with E-state index < -0.39 is 22.0 Å². The number of hydrogen-bond acceptors (Lipinski definition) is 7. The van der Waals surface area contributed by atoms with Gasteiger partial charge in [-0.05, 0) is 24.6 Å². The van der Waals surface area contributed by atoms with Crippen molar-refractivity contribution in [2.24, 2.45) is 5.14 Å². The molecule has 126 valence electrons. The molecule has 0 amide bonds. The molecule has 0 aliphatic heterocycles. The van der Waals surface area contributed by atoms with Crippen LogP contribution in [0.25, 0.3) is 0 Å². The van der Waals surface area contributed by atoms with Gasteiger partial charge in [0.05, 0.1) is 26.0 Å². The molecule has 23 heavy (non-hydrogen) atoms. The highest BCUT2D eigenvalue weighted by Gasteiger charge is 2.20.